The molecule has 1 unspecified atom stereocenters. The lowest BCUT2D eigenvalue weighted by Crippen LogP contribution is -2.48. The number of nitrogens with one attached hydrogen (secondary N) is 1. The second kappa shape index (κ2) is 8.88. The number of aromatic nitrogens is 2. The van der Waals surface area contributed by atoms with Crippen molar-refractivity contribution in [3.05, 3.63) is 52.8 Å². The molecule has 1 fully saturated rings. The van der Waals surface area contributed by atoms with E-state index in [2.05, 4.69) is 22.5 Å². The van der Waals surface area contributed by atoms with Gasteiger partial charge in [0, 0.05) is 24.3 Å². The van der Waals surface area contributed by atoms with Gasteiger partial charge < -0.3 is 20.1 Å². The van der Waals surface area contributed by atoms with Crippen LogP contribution in [0.3, 0.4) is 0 Å². The molecule has 0 saturated carbocycles. The highest BCUT2D eigenvalue weighted by atomic mass is 16.5. The average Bonchev–Trinajstić information content (AvgIpc) is 2.95. The molecule has 2 N–H and O–H groups in total. The van der Waals surface area contributed by atoms with E-state index in [1.807, 2.05) is 36.7 Å². The van der Waals surface area contributed by atoms with Crippen LogP contribution in [0.1, 0.15) is 35.0 Å². The van der Waals surface area contributed by atoms with Crippen LogP contribution in [0, 0.1) is 13.8 Å². The molecule has 1 atom stereocenters. The number of aliphatic carboxylic acids is 1. The van der Waals surface area contributed by atoms with Crippen molar-refractivity contribution in [3.8, 4) is 0 Å². The molecule has 0 spiro atoms. The summed E-state index contributed by atoms with van der Waals surface area (Å²) in [6, 6.07) is 9.58. The minimum Gasteiger partial charge on any atom is -0.481 e. The number of aryl methyl sites for hydroxylation is 1. The Balaban J connectivity index is 1.79. The summed E-state index contributed by atoms with van der Waals surface area (Å²) in [5, 5.41) is 16.1. The maximum absolute atomic E-state index is 12.6. The topological polar surface area (TPSA) is 96.7 Å². The number of nitrogens with zero attached hydrogens (tertiary/aromatic N) is 3. The number of carboxylic acids is 1. The molecule has 28 heavy (non-hydrogen) atoms. The van der Waals surface area contributed by atoms with Gasteiger partial charge >= 0.3 is 12.0 Å². The van der Waals surface area contributed by atoms with E-state index in [-0.39, 0.29) is 25.0 Å². The van der Waals surface area contributed by atoms with Crippen LogP contribution < -0.4 is 5.32 Å². The van der Waals surface area contributed by atoms with Crippen molar-refractivity contribution >= 4 is 12.0 Å². The van der Waals surface area contributed by atoms with E-state index in [0.29, 0.717) is 26.3 Å². The van der Waals surface area contributed by atoms with Crippen molar-refractivity contribution in [2.45, 2.75) is 32.9 Å². The third-order valence-corrected chi connectivity index (χ3v) is 4.95. The van der Waals surface area contributed by atoms with E-state index in [1.54, 1.807) is 4.90 Å². The third-order valence-electron chi connectivity index (χ3n) is 4.95. The smallest absolute Gasteiger partial charge is 0.318 e. The van der Waals surface area contributed by atoms with Crippen molar-refractivity contribution in [2.75, 3.05) is 26.3 Å². The van der Waals surface area contributed by atoms with Gasteiger partial charge in [0.1, 0.15) is 0 Å². The van der Waals surface area contributed by atoms with Crippen molar-refractivity contribution < 1.29 is 19.4 Å². The highest BCUT2D eigenvalue weighted by Gasteiger charge is 2.32. The second-order valence-corrected chi connectivity index (χ2v) is 6.89. The third kappa shape index (κ3) is 4.51. The monoisotopic (exact) mass is 386 g/mol. The van der Waals surface area contributed by atoms with Gasteiger partial charge in [0.2, 0.25) is 0 Å². The zero-order chi connectivity index (χ0) is 20.1. The Morgan fingerprint density at radius 2 is 2.04 bits per heavy atom. The molecule has 1 aliphatic heterocycles. The molecule has 2 amide bonds. The van der Waals surface area contributed by atoms with E-state index >= 15 is 0 Å². The van der Waals surface area contributed by atoms with Crippen LogP contribution in [0.15, 0.2) is 30.3 Å². The van der Waals surface area contributed by atoms with Crippen LogP contribution in [0.5, 0.6) is 0 Å². The number of hydrogen-bond acceptors (Lipinski definition) is 4. The quantitative estimate of drug-likeness (QED) is 0.793. The number of hydrogen-bond donors (Lipinski definition) is 2. The van der Waals surface area contributed by atoms with Crippen LogP contribution in [0.2, 0.25) is 0 Å². The number of carbonyl (C=O) groups is 2. The van der Waals surface area contributed by atoms with Gasteiger partial charge in [0.15, 0.2) is 0 Å². The van der Waals surface area contributed by atoms with Crippen molar-refractivity contribution in [3.63, 3.8) is 0 Å². The molecule has 0 aliphatic carbocycles. The van der Waals surface area contributed by atoms with Crippen LogP contribution in [0.4, 0.5) is 4.79 Å². The molecule has 0 bridgehead atoms. The van der Waals surface area contributed by atoms with Gasteiger partial charge in [-0.3, -0.25) is 9.48 Å². The first kappa shape index (κ1) is 19.9. The normalized spacial score (nSPS) is 16.8. The second-order valence-electron chi connectivity index (χ2n) is 6.89. The molecule has 8 nitrogen and oxygen atoms in total. The van der Waals surface area contributed by atoms with Gasteiger partial charge in [0.25, 0.3) is 0 Å². The number of amides is 2. The maximum atomic E-state index is 12.6. The number of rotatable bonds is 6. The molecule has 3 rings (SSSR count). The molecule has 1 aromatic heterocycles. The number of morpholine rings is 1. The van der Waals surface area contributed by atoms with Crippen LogP contribution >= 0.6 is 0 Å². The SMILES string of the molecule is Cc1nn(Cc2ccccc2)c(C)c1C1COCCN1C(=O)NCCC(=O)O. The highest BCUT2D eigenvalue weighted by molar-refractivity contribution is 5.76. The Morgan fingerprint density at radius 3 is 2.75 bits per heavy atom. The summed E-state index contributed by atoms with van der Waals surface area (Å²) in [4.78, 5) is 25.0. The molecule has 2 aromatic rings. The molecular formula is C20H26N4O4. The summed E-state index contributed by atoms with van der Waals surface area (Å²) in [6.07, 6.45) is -0.103. The summed E-state index contributed by atoms with van der Waals surface area (Å²) in [7, 11) is 0. The first-order valence-corrected chi connectivity index (χ1v) is 9.39. The molecule has 0 radical (unpaired) electrons. The number of ether oxygens (including phenoxy) is 1. The van der Waals surface area contributed by atoms with Gasteiger partial charge in [-0.05, 0) is 19.4 Å². The average molecular weight is 386 g/mol. The van der Waals surface area contributed by atoms with Gasteiger partial charge in [-0.25, -0.2) is 4.79 Å². The highest BCUT2D eigenvalue weighted by Crippen LogP contribution is 2.29. The summed E-state index contributed by atoms with van der Waals surface area (Å²) < 4.78 is 7.60. The van der Waals surface area contributed by atoms with Gasteiger partial charge in [-0.1, -0.05) is 30.3 Å². The number of benzene rings is 1. The molecule has 1 aliphatic rings. The predicted molar refractivity (Wildman–Crippen MR) is 103 cm³/mol. The fourth-order valence-electron chi connectivity index (χ4n) is 3.57. The first-order valence-electron chi connectivity index (χ1n) is 9.39. The van der Waals surface area contributed by atoms with Crippen molar-refractivity contribution in [1.82, 2.24) is 20.0 Å². The van der Waals surface area contributed by atoms with Crippen molar-refractivity contribution in [1.29, 1.82) is 0 Å². The standard InChI is InChI=1S/C20H26N4O4/c1-14-19(15(2)24(22-14)12-16-6-4-3-5-7-16)17-13-28-11-10-23(17)20(27)21-9-8-18(25)26/h3-7,17H,8-13H2,1-2H3,(H,21,27)(H,25,26). The van der Waals surface area contributed by atoms with Crippen LogP contribution in [0.25, 0.3) is 0 Å². The molecule has 8 heteroatoms. The summed E-state index contributed by atoms with van der Waals surface area (Å²) in [6.45, 7) is 6.01. The van der Waals surface area contributed by atoms with E-state index in [4.69, 9.17) is 9.84 Å². The maximum Gasteiger partial charge on any atom is 0.318 e. The Bertz CT molecular complexity index is 834. The lowest BCUT2D eigenvalue weighted by atomic mass is 10.0. The fourth-order valence-corrected chi connectivity index (χ4v) is 3.57. The zero-order valence-corrected chi connectivity index (χ0v) is 16.2. The van der Waals surface area contributed by atoms with Gasteiger partial charge in [0.05, 0.1) is 37.9 Å². The molecule has 2 heterocycles. The van der Waals surface area contributed by atoms with E-state index in [0.717, 1.165) is 22.5 Å². The summed E-state index contributed by atoms with van der Waals surface area (Å²) in [5.41, 5.74) is 4.01. The molecule has 150 valence electrons. The largest absolute Gasteiger partial charge is 0.481 e. The fraction of sp³-hybridized carbons (Fsp3) is 0.450. The van der Waals surface area contributed by atoms with Gasteiger partial charge in [-0.2, -0.15) is 5.10 Å². The Labute approximate surface area is 164 Å². The van der Waals surface area contributed by atoms with E-state index in [9.17, 15) is 9.59 Å². The minimum absolute atomic E-state index is 0.101. The first-order chi connectivity index (χ1) is 13.5. The Kier molecular flexibility index (Phi) is 6.30. The Hall–Kier alpha value is -2.87. The lowest BCUT2D eigenvalue weighted by molar-refractivity contribution is -0.136. The van der Waals surface area contributed by atoms with E-state index in [1.165, 1.54) is 0 Å². The van der Waals surface area contributed by atoms with Crippen molar-refractivity contribution in [2.24, 2.45) is 0 Å². The number of carboxylic acid groups (broad SMARTS) is 1. The van der Waals surface area contributed by atoms with E-state index < -0.39 is 5.97 Å². The molecular weight excluding hydrogens is 360 g/mol. The zero-order valence-electron chi connectivity index (χ0n) is 16.2. The lowest BCUT2D eigenvalue weighted by Gasteiger charge is -2.36. The van der Waals surface area contributed by atoms with Crippen LogP contribution in [-0.2, 0) is 16.1 Å². The molecule has 1 saturated heterocycles. The van der Waals surface area contributed by atoms with Gasteiger partial charge in [-0.15, -0.1) is 0 Å². The minimum atomic E-state index is -0.937. The van der Waals surface area contributed by atoms with Crippen LogP contribution in [-0.4, -0.2) is 58.1 Å². The molecule has 1 aromatic carbocycles. The number of urea groups is 1. The predicted octanol–water partition coefficient (Wildman–Crippen LogP) is 2.11. The Morgan fingerprint density at radius 1 is 1.29 bits per heavy atom. The summed E-state index contributed by atoms with van der Waals surface area (Å²) in [5.74, 6) is -0.937. The number of carbonyl (C=O) groups excluding carboxylic acids is 1. The summed E-state index contributed by atoms with van der Waals surface area (Å²) >= 11 is 0.